The molecule has 0 aliphatic rings. The van der Waals surface area contributed by atoms with Crippen molar-refractivity contribution in [1.29, 1.82) is 0 Å². The number of halogens is 1. The summed E-state index contributed by atoms with van der Waals surface area (Å²) in [6.07, 6.45) is 0. The lowest BCUT2D eigenvalue weighted by Crippen LogP contribution is -2.31. The highest BCUT2D eigenvalue weighted by Gasteiger charge is 2.15. The van der Waals surface area contributed by atoms with Crippen LogP contribution in [0, 0.1) is 5.82 Å². The van der Waals surface area contributed by atoms with Crippen molar-refractivity contribution >= 4 is 23.6 Å². The molecule has 0 radical (unpaired) electrons. The van der Waals surface area contributed by atoms with E-state index in [1.165, 1.54) is 31.0 Å². The first-order chi connectivity index (χ1) is 12.9. The maximum absolute atomic E-state index is 13.7. The van der Waals surface area contributed by atoms with E-state index in [0.29, 0.717) is 16.0 Å². The van der Waals surface area contributed by atoms with Gasteiger partial charge in [0.25, 0.3) is 0 Å². The Labute approximate surface area is 162 Å². The van der Waals surface area contributed by atoms with Crippen LogP contribution in [0.15, 0.2) is 47.4 Å². The fourth-order valence-corrected chi connectivity index (χ4v) is 3.15. The molecule has 0 heterocycles. The third-order valence-electron chi connectivity index (χ3n) is 3.50. The van der Waals surface area contributed by atoms with Crippen molar-refractivity contribution in [2.45, 2.75) is 31.4 Å². The number of amides is 1. The largest absolute Gasteiger partial charge is 0.494 e. The van der Waals surface area contributed by atoms with Gasteiger partial charge in [0.15, 0.2) is 11.6 Å². The van der Waals surface area contributed by atoms with Gasteiger partial charge >= 0.3 is 5.97 Å². The molecule has 2 aromatic rings. The van der Waals surface area contributed by atoms with Crippen molar-refractivity contribution in [2.24, 2.45) is 0 Å². The van der Waals surface area contributed by atoms with Crippen LogP contribution in [-0.2, 0) is 16.1 Å². The first-order valence-electron chi connectivity index (χ1n) is 8.41. The Morgan fingerprint density at radius 2 is 1.93 bits per heavy atom. The Morgan fingerprint density at radius 3 is 2.59 bits per heavy atom. The summed E-state index contributed by atoms with van der Waals surface area (Å²) in [7, 11) is 1.38. The summed E-state index contributed by atoms with van der Waals surface area (Å²) in [4.78, 5) is 24.9. The normalized spacial score (nSPS) is 10.6. The molecule has 0 atom stereocenters. The number of rotatable bonds is 8. The molecule has 0 spiro atoms. The van der Waals surface area contributed by atoms with Gasteiger partial charge in [0.2, 0.25) is 5.91 Å². The minimum atomic E-state index is -0.529. The SMILES string of the molecule is COc1ccc(COC(=O)c2ccccc2SCC(=O)NC(C)C)cc1F. The molecule has 0 saturated carbocycles. The number of benzene rings is 2. The van der Waals surface area contributed by atoms with Gasteiger partial charge in [-0.2, -0.15) is 0 Å². The number of carbonyl (C=O) groups is 2. The molecule has 5 nitrogen and oxygen atoms in total. The number of nitrogens with one attached hydrogen (secondary N) is 1. The minimum absolute atomic E-state index is 0.0585. The molecule has 2 rings (SSSR count). The predicted octanol–water partition coefficient (Wildman–Crippen LogP) is 3.81. The van der Waals surface area contributed by atoms with E-state index in [-0.39, 0.29) is 30.1 Å². The highest BCUT2D eigenvalue weighted by molar-refractivity contribution is 8.00. The predicted molar refractivity (Wildman–Crippen MR) is 103 cm³/mol. The van der Waals surface area contributed by atoms with Gasteiger partial charge in [-0.05, 0) is 43.7 Å². The van der Waals surface area contributed by atoms with Crippen LogP contribution in [-0.4, -0.2) is 30.8 Å². The second-order valence-electron chi connectivity index (χ2n) is 6.05. The molecule has 2 aromatic carbocycles. The van der Waals surface area contributed by atoms with Crippen molar-refractivity contribution in [1.82, 2.24) is 5.32 Å². The van der Waals surface area contributed by atoms with E-state index in [2.05, 4.69) is 5.32 Å². The molecular weight excluding hydrogens is 369 g/mol. The Morgan fingerprint density at radius 1 is 1.19 bits per heavy atom. The summed E-state index contributed by atoms with van der Waals surface area (Å²) in [5.41, 5.74) is 0.886. The van der Waals surface area contributed by atoms with E-state index >= 15 is 0 Å². The van der Waals surface area contributed by atoms with Crippen molar-refractivity contribution in [3.05, 3.63) is 59.4 Å². The molecule has 0 bridgehead atoms. The van der Waals surface area contributed by atoms with Gasteiger partial charge in [-0.1, -0.05) is 18.2 Å². The quantitative estimate of drug-likeness (QED) is 0.548. The highest BCUT2D eigenvalue weighted by Crippen LogP contribution is 2.24. The van der Waals surface area contributed by atoms with E-state index in [4.69, 9.17) is 9.47 Å². The molecule has 1 amide bonds. The van der Waals surface area contributed by atoms with Gasteiger partial charge in [0.1, 0.15) is 6.61 Å². The maximum atomic E-state index is 13.7. The molecule has 0 aliphatic carbocycles. The Balaban J connectivity index is 2.00. The molecule has 1 N–H and O–H groups in total. The van der Waals surface area contributed by atoms with Crippen LogP contribution >= 0.6 is 11.8 Å². The molecule has 7 heteroatoms. The van der Waals surface area contributed by atoms with Crippen molar-refractivity contribution in [3.8, 4) is 5.75 Å². The Hall–Kier alpha value is -2.54. The van der Waals surface area contributed by atoms with Crippen LogP contribution in [0.2, 0.25) is 0 Å². The number of carbonyl (C=O) groups excluding carboxylic acids is 2. The molecule has 0 aromatic heterocycles. The highest BCUT2D eigenvalue weighted by atomic mass is 32.2. The van der Waals surface area contributed by atoms with Crippen LogP contribution in [0.1, 0.15) is 29.8 Å². The number of methoxy groups -OCH3 is 1. The third kappa shape index (κ3) is 6.29. The lowest BCUT2D eigenvalue weighted by molar-refractivity contribution is -0.119. The second-order valence-corrected chi connectivity index (χ2v) is 7.07. The van der Waals surface area contributed by atoms with Crippen LogP contribution < -0.4 is 10.1 Å². The van der Waals surface area contributed by atoms with Gasteiger partial charge in [0, 0.05) is 10.9 Å². The monoisotopic (exact) mass is 391 g/mol. The minimum Gasteiger partial charge on any atom is -0.494 e. The van der Waals surface area contributed by atoms with Gasteiger partial charge in [0.05, 0.1) is 18.4 Å². The first-order valence-corrected chi connectivity index (χ1v) is 9.40. The summed E-state index contributed by atoms with van der Waals surface area (Å²) in [6, 6.07) is 11.4. The van der Waals surface area contributed by atoms with Crippen LogP contribution in [0.25, 0.3) is 0 Å². The van der Waals surface area contributed by atoms with Crippen LogP contribution in [0.3, 0.4) is 0 Å². The summed E-state index contributed by atoms with van der Waals surface area (Å²) < 4.78 is 23.9. The number of ether oxygens (including phenoxy) is 2. The van der Waals surface area contributed by atoms with Crippen molar-refractivity contribution in [3.63, 3.8) is 0 Å². The van der Waals surface area contributed by atoms with E-state index in [9.17, 15) is 14.0 Å². The molecule has 0 fully saturated rings. The molecule has 0 aliphatic heterocycles. The smallest absolute Gasteiger partial charge is 0.339 e. The summed E-state index contributed by atoms with van der Waals surface area (Å²) >= 11 is 1.27. The third-order valence-corrected chi connectivity index (χ3v) is 4.58. The van der Waals surface area contributed by atoms with E-state index < -0.39 is 11.8 Å². The van der Waals surface area contributed by atoms with E-state index in [0.717, 1.165) is 0 Å². The summed E-state index contributed by atoms with van der Waals surface area (Å²) in [6.45, 7) is 3.71. The zero-order valence-corrected chi connectivity index (χ0v) is 16.3. The van der Waals surface area contributed by atoms with E-state index in [1.54, 1.807) is 30.3 Å². The van der Waals surface area contributed by atoms with Crippen molar-refractivity contribution < 1.29 is 23.5 Å². The van der Waals surface area contributed by atoms with Gasteiger partial charge in [-0.15, -0.1) is 11.8 Å². The average Bonchev–Trinajstić information content (AvgIpc) is 2.64. The van der Waals surface area contributed by atoms with Gasteiger partial charge < -0.3 is 14.8 Å². The zero-order valence-electron chi connectivity index (χ0n) is 15.5. The standard InChI is InChI=1S/C20H22FNO4S/c1-13(2)22-19(23)12-27-18-7-5-4-6-15(18)20(24)26-11-14-8-9-17(25-3)16(21)10-14/h4-10,13H,11-12H2,1-3H3,(H,22,23). The Bertz CT molecular complexity index is 810. The van der Waals surface area contributed by atoms with E-state index in [1.807, 2.05) is 13.8 Å². The summed E-state index contributed by atoms with van der Waals surface area (Å²) in [5.74, 6) is -0.818. The molecular formula is C20H22FNO4S. The second kappa shape index (κ2) is 9.97. The van der Waals surface area contributed by atoms with Gasteiger partial charge in [-0.25, -0.2) is 9.18 Å². The van der Waals surface area contributed by atoms with Crippen LogP contribution in [0.5, 0.6) is 5.75 Å². The maximum Gasteiger partial charge on any atom is 0.339 e. The lowest BCUT2D eigenvalue weighted by Gasteiger charge is -2.11. The Kier molecular flexibility index (Phi) is 7.67. The summed E-state index contributed by atoms with van der Waals surface area (Å²) in [5, 5.41) is 2.80. The molecule has 144 valence electrons. The fourth-order valence-electron chi connectivity index (χ4n) is 2.29. The molecule has 0 unspecified atom stereocenters. The fraction of sp³-hybridized carbons (Fsp3) is 0.300. The topological polar surface area (TPSA) is 64.6 Å². The number of hydrogen-bond donors (Lipinski definition) is 1. The number of esters is 1. The number of thioether (sulfide) groups is 1. The molecule has 0 saturated heterocycles. The molecule has 27 heavy (non-hydrogen) atoms. The van der Waals surface area contributed by atoms with Crippen molar-refractivity contribution in [2.75, 3.05) is 12.9 Å². The van der Waals surface area contributed by atoms with Gasteiger partial charge in [-0.3, -0.25) is 4.79 Å². The lowest BCUT2D eigenvalue weighted by atomic mass is 10.2. The van der Waals surface area contributed by atoms with Crippen LogP contribution in [0.4, 0.5) is 4.39 Å². The first kappa shape index (κ1) is 20.8. The zero-order chi connectivity index (χ0) is 19.8. The average molecular weight is 391 g/mol. The number of hydrogen-bond acceptors (Lipinski definition) is 5.